The molecule has 5 nitrogen and oxygen atoms in total. The zero-order chi connectivity index (χ0) is 18.4. The first-order valence-electron chi connectivity index (χ1n) is 8.69. The molecule has 0 spiro atoms. The van der Waals surface area contributed by atoms with Crippen LogP contribution in [0.25, 0.3) is 0 Å². The number of carbonyl (C=O) groups excluding carboxylic acids is 2. The maximum absolute atomic E-state index is 12.3. The SMILES string of the molecule is O=C(CN1CCN(C(=O)CCc2cccs2)CC1)Nc1ccccc1Cl. The van der Waals surface area contributed by atoms with Crippen LogP contribution in [0.2, 0.25) is 5.02 Å². The van der Waals surface area contributed by atoms with Crippen molar-refractivity contribution in [2.45, 2.75) is 12.8 Å². The number of benzene rings is 1. The number of carbonyl (C=O) groups is 2. The predicted octanol–water partition coefficient (Wildman–Crippen LogP) is 3.12. The highest BCUT2D eigenvalue weighted by Crippen LogP contribution is 2.20. The summed E-state index contributed by atoms with van der Waals surface area (Å²) in [5.74, 6) is 0.106. The van der Waals surface area contributed by atoms with Gasteiger partial charge in [0.15, 0.2) is 0 Å². The Morgan fingerprint density at radius 2 is 1.85 bits per heavy atom. The van der Waals surface area contributed by atoms with Gasteiger partial charge in [0.05, 0.1) is 17.3 Å². The van der Waals surface area contributed by atoms with Crippen molar-refractivity contribution in [1.29, 1.82) is 0 Å². The number of hydrogen-bond acceptors (Lipinski definition) is 4. The molecule has 0 unspecified atom stereocenters. The van der Waals surface area contributed by atoms with Crippen molar-refractivity contribution in [1.82, 2.24) is 9.80 Å². The molecule has 2 aromatic rings. The Hall–Kier alpha value is -1.89. The maximum atomic E-state index is 12.3. The Morgan fingerprint density at radius 1 is 1.08 bits per heavy atom. The normalized spacial score (nSPS) is 15.0. The molecular formula is C19H22ClN3O2S. The van der Waals surface area contributed by atoms with Crippen molar-refractivity contribution in [2.24, 2.45) is 0 Å². The Bertz CT molecular complexity index is 743. The molecule has 0 radical (unpaired) electrons. The van der Waals surface area contributed by atoms with Crippen molar-refractivity contribution in [3.05, 3.63) is 51.7 Å². The molecule has 1 aromatic heterocycles. The number of halogens is 1. The minimum Gasteiger partial charge on any atom is -0.340 e. The molecule has 1 aliphatic rings. The number of amides is 2. The van der Waals surface area contributed by atoms with E-state index < -0.39 is 0 Å². The fraction of sp³-hybridized carbons (Fsp3) is 0.368. The summed E-state index contributed by atoms with van der Waals surface area (Å²) in [6.07, 6.45) is 1.35. The summed E-state index contributed by atoms with van der Waals surface area (Å²) in [6, 6.07) is 11.3. The molecular weight excluding hydrogens is 370 g/mol. The average Bonchev–Trinajstić information content (AvgIpc) is 3.16. The Labute approximate surface area is 162 Å². The van der Waals surface area contributed by atoms with Crippen molar-refractivity contribution >= 4 is 40.4 Å². The molecule has 1 N–H and O–H groups in total. The van der Waals surface area contributed by atoms with Gasteiger partial charge in [-0.15, -0.1) is 11.3 Å². The molecule has 0 saturated carbocycles. The van der Waals surface area contributed by atoms with Gasteiger partial charge in [-0.1, -0.05) is 29.8 Å². The van der Waals surface area contributed by atoms with Crippen LogP contribution in [0.15, 0.2) is 41.8 Å². The molecule has 26 heavy (non-hydrogen) atoms. The van der Waals surface area contributed by atoms with E-state index >= 15 is 0 Å². The summed E-state index contributed by atoms with van der Waals surface area (Å²) in [5.41, 5.74) is 0.626. The van der Waals surface area contributed by atoms with Gasteiger partial charge in [0.25, 0.3) is 0 Å². The van der Waals surface area contributed by atoms with E-state index in [0.717, 1.165) is 6.42 Å². The van der Waals surface area contributed by atoms with Crippen molar-refractivity contribution in [3.63, 3.8) is 0 Å². The monoisotopic (exact) mass is 391 g/mol. The first kappa shape index (κ1) is 18.9. The van der Waals surface area contributed by atoms with Gasteiger partial charge in [0.2, 0.25) is 11.8 Å². The van der Waals surface area contributed by atoms with Gasteiger partial charge >= 0.3 is 0 Å². The van der Waals surface area contributed by atoms with E-state index in [-0.39, 0.29) is 11.8 Å². The molecule has 2 heterocycles. The second-order valence-corrected chi connectivity index (χ2v) is 7.70. The van der Waals surface area contributed by atoms with Gasteiger partial charge in [-0.3, -0.25) is 14.5 Å². The third-order valence-corrected chi connectivity index (χ3v) is 5.67. The van der Waals surface area contributed by atoms with Crippen molar-refractivity contribution in [3.8, 4) is 0 Å². The van der Waals surface area contributed by atoms with Gasteiger partial charge < -0.3 is 10.2 Å². The maximum Gasteiger partial charge on any atom is 0.238 e. The van der Waals surface area contributed by atoms with Gasteiger partial charge in [-0.2, -0.15) is 0 Å². The number of nitrogens with one attached hydrogen (secondary N) is 1. The summed E-state index contributed by atoms with van der Waals surface area (Å²) in [7, 11) is 0. The van der Waals surface area contributed by atoms with Gasteiger partial charge in [0, 0.05) is 37.5 Å². The second kappa shape index (κ2) is 9.16. The van der Waals surface area contributed by atoms with Crippen LogP contribution in [0.5, 0.6) is 0 Å². The van der Waals surface area contributed by atoms with E-state index in [1.165, 1.54) is 4.88 Å². The number of para-hydroxylation sites is 1. The Morgan fingerprint density at radius 3 is 2.54 bits per heavy atom. The quantitative estimate of drug-likeness (QED) is 0.823. The Kier molecular flexibility index (Phi) is 6.66. The first-order valence-corrected chi connectivity index (χ1v) is 9.94. The molecule has 2 amide bonds. The van der Waals surface area contributed by atoms with E-state index in [9.17, 15) is 9.59 Å². The number of aryl methyl sites for hydroxylation is 1. The third kappa shape index (κ3) is 5.30. The van der Waals surface area contributed by atoms with Gasteiger partial charge in [-0.25, -0.2) is 0 Å². The lowest BCUT2D eigenvalue weighted by Gasteiger charge is -2.34. The molecule has 1 fully saturated rings. The number of thiophene rings is 1. The zero-order valence-corrected chi connectivity index (χ0v) is 16.1. The molecule has 138 valence electrons. The number of anilines is 1. The smallest absolute Gasteiger partial charge is 0.238 e. The molecule has 3 rings (SSSR count). The van der Waals surface area contributed by atoms with Crippen LogP contribution in [0.3, 0.4) is 0 Å². The molecule has 0 bridgehead atoms. The lowest BCUT2D eigenvalue weighted by molar-refractivity contribution is -0.133. The molecule has 1 aliphatic heterocycles. The number of rotatable bonds is 6. The number of piperazine rings is 1. The largest absolute Gasteiger partial charge is 0.340 e. The fourth-order valence-electron chi connectivity index (χ4n) is 2.95. The van der Waals surface area contributed by atoms with Crippen LogP contribution >= 0.6 is 22.9 Å². The van der Waals surface area contributed by atoms with E-state index in [1.807, 2.05) is 28.5 Å². The van der Waals surface area contributed by atoms with Gasteiger partial charge in [-0.05, 0) is 30.0 Å². The first-order chi connectivity index (χ1) is 12.6. The fourth-order valence-corrected chi connectivity index (χ4v) is 3.85. The highest BCUT2D eigenvalue weighted by molar-refractivity contribution is 7.09. The highest BCUT2D eigenvalue weighted by atomic mass is 35.5. The van der Waals surface area contributed by atoms with Crippen molar-refractivity contribution < 1.29 is 9.59 Å². The number of hydrogen-bond donors (Lipinski definition) is 1. The summed E-state index contributed by atoms with van der Waals surface area (Å²) in [4.78, 5) is 29.7. The molecule has 0 atom stereocenters. The summed E-state index contributed by atoms with van der Waals surface area (Å²) in [6.45, 7) is 3.06. The third-order valence-electron chi connectivity index (χ3n) is 4.41. The van der Waals surface area contributed by atoms with E-state index in [2.05, 4.69) is 16.3 Å². The van der Waals surface area contributed by atoms with Crippen LogP contribution in [0.4, 0.5) is 5.69 Å². The van der Waals surface area contributed by atoms with E-state index in [4.69, 9.17) is 11.6 Å². The van der Waals surface area contributed by atoms with Crippen LogP contribution in [0, 0.1) is 0 Å². The topological polar surface area (TPSA) is 52.7 Å². The minimum absolute atomic E-state index is 0.0874. The van der Waals surface area contributed by atoms with E-state index in [1.54, 1.807) is 23.5 Å². The molecule has 7 heteroatoms. The highest BCUT2D eigenvalue weighted by Gasteiger charge is 2.22. The molecule has 0 aliphatic carbocycles. The Balaban J connectivity index is 1.40. The lowest BCUT2D eigenvalue weighted by Crippen LogP contribution is -2.50. The number of nitrogens with zero attached hydrogens (tertiary/aromatic N) is 2. The second-order valence-electron chi connectivity index (χ2n) is 6.26. The molecule has 1 saturated heterocycles. The van der Waals surface area contributed by atoms with Crippen LogP contribution in [-0.4, -0.2) is 54.3 Å². The van der Waals surface area contributed by atoms with Crippen LogP contribution < -0.4 is 5.32 Å². The summed E-state index contributed by atoms with van der Waals surface area (Å²) < 4.78 is 0. The van der Waals surface area contributed by atoms with Gasteiger partial charge in [0.1, 0.15) is 0 Å². The molecule has 1 aromatic carbocycles. The van der Waals surface area contributed by atoms with E-state index in [0.29, 0.717) is 49.9 Å². The summed E-state index contributed by atoms with van der Waals surface area (Å²) in [5, 5.41) is 5.40. The van der Waals surface area contributed by atoms with Crippen LogP contribution in [0.1, 0.15) is 11.3 Å². The minimum atomic E-state index is -0.0874. The predicted molar refractivity (Wildman–Crippen MR) is 106 cm³/mol. The zero-order valence-electron chi connectivity index (χ0n) is 14.5. The average molecular weight is 392 g/mol. The van der Waals surface area contributed by atoms with Crippen molar-refractivity contribution in [2.75, 3.05) is 38.0 Å². The standard InChI is InChI=1S/C19H22ClN3O2S/c20-16-5-1-2-6-17(16)21-18(24)14-22-9-11-23(12-10-22)19(25)8-7-15-4-3-13-26-15/h1-6,13H,7-12,14H2,(H,21,24). The summed E-state index contributed by atoms with van der Waals surface area (Å²) >= 11 is 7.75. The lowest BCUT2D eigenvalue weighted by atomic mass is 10.2. The van der Waals surface area contributed by atoms with Crippen LogP contribution in [-0.2, 0) is 16.0 Å².